The van der Waals surface area contributed by atoms with Crippen molar-refractivity contribution >= 4 is 0 Å². The van der Waals surface area contributed by atoms with E-state index in [1.807, 2.05) is 0 Å². The lowest BCUT2D eigenvalue weighted by Gasteiger charge is -2.41. The van der Waals surface area contributed by atoms with E-state index in [0.717, 1.165) is 6.04 Å². The van der Waals surface area contributed by atoms with E-state index in [1.165, 1.54) is 32.2 Å². The molecular formula is C14H27N. The Labute approximate surface area is 95.5 Å². The fourth-order valence-electron chi connectivity index (χ4n) is 2.62. The van der Waals surface area contributed by atoms with Gasteiger partial charge in [-0.3, -0.25) is 4.90 Å². The van der Waals surface area contributed by atoms with Crippen LogP contribution in [0.2, 0.25) is 0 Å². The normalized spacial score (nSPS) is 26.3. The molecule has 1 aliphatic rings. The molecule has 1 saturated heterocycles. The Kier molecular flexibility index (Phi) is 4.39. The Balaban J connectivity index is 2.61. The molecule has 2 unspecified atom stereocenters. The van der Waals surface area contributed by atoms with Crippen molar-refractivity contribution in [3.8, 4) is 0 Å². The number of hydrogen-bond donors (Lipinski definition) is 0. The van der Waals surface area contributed by atoms with Crippen molar-refractivity contribution in [2.45, 2.75) is 65.5 Å². The third kappa shape index (κ3) is 3.98. The van der Waals surface area contributed by atoms with Crippen LogP contribution in [0.4, 0.5) is 0 Å². The van der Waals surface area contributed by atoms with Crippen molar-refractivity contribution in [2.75, 3.05) is 6.54 Å². The second kappa shape index (κ2) is 5.16. The van der Waals surface area contributed by atoms with Gasteiger partial charge in [-0.25, -0.2) is 0 Å². The van der Waals surface area contributed by atoms with Gasteiger partial charge in [-0.15, -0.1) is 6.58 Å². The molecule has 0 spiro atoms. The topological polar surface area (TPSA) is 3.24 Å². The van der Waals surface area contributed by atoms with E-state index in [9.17, 15) is 0 Å². The molecule has 1 heterocycles. The molecule has 1 nitrogen and oxygen atoms in total. The monoisotopic (exact) mass is 209 g/mol. The Morgan fingerprint density at radius 3 is 2.60 bits per heavy atom. The molecule has 0 bridgehead atoms. The van der Waals surface area contributed by atoms with Crippen LogP contribution in [0.5, 0.6) is 0 Å². The SMILES string of the molecule is C=CC(C)N1CCCCC1CC(C)(C)C. The summed E-state index contributed by atoms with van der Waals surface area (Å²) in [6.45, 7) is 14.5. The molecule has 15 heavy (non-hydrogen) atoms. The Morgan fingerprint density at radius 2 is 2.07 bits per heavy atom. The third-order valence-corrected chi connectivity index (χ3v) is 3.38. The molecule has 0 aromatic rings. The van der Waals surface area contributed by atoms with Gasteiger partial charge < -0.3 is 0 Å². The number of likely N-dealkylation sites (tertiary alicyclic amines) is 1. The van der Waals surface area contributed by atoms with Crippen molar-refractivity contribution in [2.24, 2.45) is 5.41 Å². The quantitative estimate of drug-likeness (QED) is 0.638. The molecular weight excluding hydrogens is 182 g/mol. The Hall–Kier alpha value is -0.300. The summed E-state index contributed by atoms with van der Waals surface area (Å²) in [5.74, 6) is 0. The first-order chi connectivity index (χ1) is 6.94. The van der Waals surface area contributed by atoms with Gasteiger partial charge >= 0.3 is 0 Å². The predicted octanol–water partition coefficient (Wildman–Crippen LogP) is 3.85. The highest BCUT2D eigenvalue weighted by Gasteiger charge is 2.28. The summed E-state index contributed by atoms with van der Waals surface area (Å²) >= 11 is 0. The lowest BCUT2D eigenvalue weighted by Crippen LogP contribution is -2.45. The van der Waals surface area contributed by atoms with Crippen LogP contribution in [0.3, 0.4) is 0 Å². The van der Waals surface area contributed by atoms with Crippen LogP contribution in [0.15, 0.2) is 12.7 Å². The van der Waals surface area contributed by atoms with Crippen molar-refractivity contribution < 1.29 is 0 Å². The van der Waals surface area contributed by atoms with E-state index in [0.29, 0.717) is 11.5 Å². The smallest absolute Gasteiger partial charge is 0.0250 e. The number of hydrogen-bond acceptors (Lipinski definition) is 1. The molecule has 0 N–H and O–H groups in total. The van der Waals surface area contributed by atoms with Crippen molar-refractivity contribution in [3.63, 3.8) is 0 Å². The molecule has 2 atom stereocenters. The van der Waals surface area contributed by atoms with Gasteiger partial charge in [0, 0.05) is 12.1 Å². The first-order valence-electron chi connectivity index (χ1n) is 6.32. The minimum atomic E-state index is 0.446. The molecule has 0 aromatic carbocycles. The maximum atomic E-state index is 3.93. The molecule has 88 valence electrons. The van der Waals surface area contributed by atoms with Gasteiger partial charge in [0.2, 0.25) is 0 Å². The zero-order chi connectivity index (χ0) is 11.5. The van der Waals surface area contributed by atoms with Crippen LogP contribution in [-0.4, -0.2) is 23.5 Å². The van der Waals surface area contributed by atoms with E-state index in [4.69, 9.17) is 0 Å². The molecule has 1 rings (SSSR count). The second-order valence-electron chi connectivity index (χ2n) is 6.13. The van der Waals surface area contributed by atoms with E-state index < -0.39 is 0 Å². The molecule has 1 heteroatoms. The van der Waals surface area contributed by atoms with E-state index in [2.05, 4.69) is 45.2 Å². The van der Waals surface area contributed by atoms with Gasteiger partial charge in [0.25, 0.3) is 0 Å². The molecule has 0 aliphatic carbocycles. The summed E-state index contributed by atoms with van der Waals surface area (Å²) in [5.41, 5.74) is 0.446. The minimum Gasteiger partial charge on any atom is -0.294 e. The summed E-state index contributed by atoms with van der Waals surface area (Å²) in [4.78, 5) is 2.64. The van der Waals surface area contributed by atoms with Crippen LogP contribution in [0.1, 0.15) is 53.4 Å². The maximum absolute atomic E-state index is 3.93. The van der Waals surface area contributed by atoms with E-state index >= 15 is 0 Å². The third-order valence-electron chi connectivity index (χ3n) is 3.38. The van der Waals surface area contributed by atoms with E-state index in [1.54, 1.807) is 0 Å². The summed E-state index contributed by atoms with van der Waals surface area (Å²) in [6.07, 6.45) is 7.53. The zero-order valence-corrected chi connectivity index (χ0v) is 10.9. The molecule has 1 aliphatic heterocycles. The number of rotatable bonds is 3. The van der Waals surface area contributed by atoms with Gasteiger partial charge in [0.15, 0.2) is 0 Å². The molecule has 0 saturated carbocycles. The fourth-order valence-corrected chi connectivity index (χ4v) is 2.62. The second-order valence-corrected chi connectivity index (χ2v) is 6.13. The first kappa shape index (κ1) is 12.8. The van der Waals surface area contributed by atoms with Crippen LogP contribution < -0.4 is 0 Å². The van der Waals surface area contributed by atoms with Gasteiger partial charge in [-0.1, -0.05) is 33.3 Å². The lowest BCUT2D eigenvalue weighted by atomic mass is 9.83. The zero-order valence-electron chi connectivity index (χ0n) is 10.9. The van der Waals surface area contributed by atoms with Gasteiger partial charge in [-0.2, -0.15) is 0 Å². The van der Waals surface area contributed by atoms with Gasteiger partial charge in [0.1, 0.15) is 0 Å². The first-order valence-corrected chi connectivity index (χ1v) is 6.32. The standard InChI is InChI=1S/C14H27N/c1-6-12(2)15-10-8-7-9-13(15)11-14(3,4)5/h6,12-13H,1,7-11H2,2-5H3. The largest absolute Gasteiger partial charge is 0.294 e. The van der Waals surface area contributed by atoms with Gasteiger partial charge in [0.05, 0.1) is 0 Å². The van der Waals surface area contributed by atoms with Crippen molar-refractivity contribution in [3.05, 3.63) is 12.7 Å². The lowest BCUT2D eigenvalue weighted by molar-refractivity contribution is 0.0910. The van der Waals surface area contributed by atoms with Crippen molar-refractivity contribution in [1.82, 2.24) is 4.90 Å². The summed E-state index contributed by atoms with van der Waals surface area (Å²) < 4.78 is 0. The number of nitrogens with zero attached hydrogens (tertiary/aromatic N) is 1. The van der Waals surface area contributed by atoms with Gasteiger partial charge in [-0.05, 0) is 38.1 Å². The summed E-state index contributed by atoms with van der Waals surface area (Å²) in [5, 5.41) is 0. The molecule has 0 aromatic heterocycles. The van der Waals surface area contributed by atoms with Crippen LogP contribution in [0.25, 0.3) is 0 Å². The van der Waals surface area contributed by atoms with Crippen LogP contribution in [-0.2, 0) is 0 Å². The number of piperidine rings is 1. The highest BCUT2D eigenvalue weighted by molar-refractivity contribution is 4.91. The summed E-state index contributed by atoms with van der Waals surface area (Å²) in [7, 11) is 0. The average molecular weight is 209 g/mol. The maximum Gasteiger partial charge on any atom is 0.0250 e. The summed E-state index contributed by atoms with van der Waals surface area (Å²) in [6, 6.07) is 1.31. The predicted molar refractivity (Wildman–Crippen MR) is 68.1 cm³/mol. The molecule has 0 radical (unpaired) electrons. The minimum absolute atomic E-state index is 0.446. The highest BCUT2D eigenvalue weighted by Crippen LogP contribution is 2.30. The molecule has 1 fully saturated rings. The Morgan fingerprint density at radius 1 is 1.40 bits per heavy atom. The van der Waals surface area contributed by atoms with Crippen LogP contribution >= 0.6 is 0 Å². The Bertz CT molecular complexity index is 202. The molecule has 0 amide bonds. The highest BCUT2D eigenvalue weighted by atomic mass is 15.2. The van der Waals surface area contributed by atoms with Crippen LogP contribution in [0, 0.1) is 5.41 Å². The fraction of sp³-hybridized carbons (Fsp3) is 0.857. The van der Waals surface area contributed by atoms with E-state index in [-0.39, 0.29) is 0 Å². The average Bonchev–Trinajstić information content (AvgIpc) is 2.15. The van der Waals surface area contributed by atoms with Crippen molar-refractivity contribution in [1.29, 1.82) is 0 Å².